The van der Waals surface area contributed by atoms with Gasteiger partial charge in [0.25, 0.3) is 0 Å². The van der Waals surface area contributed by atoms with Crippen molar-refractivity contribution in [2.24, 2.45) is 0 Å². The van der Waals surface area contributed by atoms with E-state index >= 15 is 0 Å². The highest BCUT2D eigenvalue weighted by atomic mass is 35.5. The first-order chi connectivity index (χ1) is 17.5. The van der Waals surface area contributed by atoms with Gasteiger partial charge in [0, 0.05) is 39.3 Å². The van der Waals surface area contributed by atoms with Gasteiger partial charge in [-0.05, 0) is 62.2 Å². The third-order valence-electron chi connectivity index (χ3n) is 7.08. The minimum Gasteiger partial charge on any atom is -0.341 e. The second kappa shape index (κ2) is 11.7. The predicted molar refractivity (Wildman–Crippen MR) is 144 cm³/mol. The molecule has 12 heteroatoms. The standard InChI is InChI=1S/C26H32Cl2F3N3O3S/c1-18-16-33(13-14-34(18)38(4,36)37)12-11-25(2,21-9-10-22(27)23(28)15-21)24(35)32(3)17-19-5-7-20(8-6-19)26(29,30)31/h5-10,15,18H,11-14,16-17H2,1-4H3/t18-,25?/m0/s1. The lowest BCUT2D eigenvalue weighted by Crippen LogP contribution is -2.54. The largest absolute Gasteiger partial charge is 0.416 e. The average Bonchev–Trinajstić information content (AvgIpc) is 2.82. The van der Waals surface area contributed by atoms with Gasteiger partial charge >= 0.3 is 6.18 Å². The number of benzene rings is 2. The van der Waals surface area contributed by atoms with Crippen LogP contribution in [0.15, 0.2) is 42.5 Å². The maximum absolute atomic E-state index is 13.9. The van der Waals surface area contributed by atoms with E-state index in [1.54, 1.807) is 25.2 Å². The van der Waals surface area contributed by atoms with Gasteiger partial charge in [-0.3, -0.25) is 4.79 Å². The molecule has 1 fully saturated rings. The van der Waals surface area contributed by atoms with Gasteiger partial charge in [0.15, 0.2) is 0 Å². The molecule has 1 aliphatic rings. The summed E-state index contributed by atoms with van der Waals surface area (Å²) in [5.74, 6) is -0.224. The minimum atomic E-state index is -4.43. The molecule has 0 aromatic heterocycles. The molecule has 210 valence electrons. The molecule has 0 aliphatic carbocycles. The normalized spacial score (nSPS) is 19.2. The summed E-state index contributed by atoms with van der Waals surface area (Å²) in [5.41, 5.74) is -0.539. The van der Waals surface area contributed by atoms with E-state index in [1.165, 1.54) is 27.6 Å². The lowest BCUT2D eigenvalue weighted by molar-refractivity contribution is -0.138. The summed E-state index contributed by atoms with van der Waals surface area (Å²) in [6, 6.07) is 9.59. The monoisotopic (exact) mass is 593 g/mol. The van der Waals surface area contributed by atoms with Crippen LogP contribution in [0.25, 0.3) is 0 Å². The van der Waals surface area contributed by atoms with E-state index in [2.05, 4.69) is 4.90 Å². The SMILES string of the molecule is C[C@H]1CN(CCC(C)(C(=O)N(C)Cc2ccc(C(F)(F)F)cc2)c2ccc(Cl)c(Cl)c2)CCN1S(C)(=O)=O. The third-order valence-corrected chi connectivity index (χ3v) is 9.21. The second-order valence-electron chi connectivity index (χ2n) is 10.1. The van der Waals surface area contributed by atoms with Gasteiger partial charge in [-0.15, -0.1) is 0 Å². The molecule has 0 spiro atoms. The summed E-state index contributed by atoms with van der Waals surface area (Å²) in [7, 11) is -1.69. The zero-order chi connectivity index (χ0) is 28.5. The Kier molecular flexibility index (Phi) is 9.46. The number of piperazine rings is 1. The smallest absolute Gasteiger partial charge is 0.341 e. The van der Waals surface area contributed by atoms with Crippen LogP contribution in [-0.4, -0.2) is 74.0 Å². The Labute approximate surface area is 232 Å². The van der Waals surface area contributed by atoms with Crippen LogP contribution in [0.2, 0.25) is 10.0 Å². The van der Waals surface area contributed by atoms with E-state index < -0.39 is 27.2 Å². The summed E-state index contributed by atoms with van der Waals surface area (Å²) in [5, 5.41) is 0.665. The molecule has 2 aromatic carbocycles. The fourth-order valence-corrected chi connectivity index (χ4v) is 6.31. The van der Waals surface area contributed by atoms with Gasteiger partial charge in [-0.1, -0.05) is 41.4 Å². The van der Waals surface area contributed by atoms with Gasteiger partial charge < -0.3 is 9.80 Å². The highest BCUT2D eigenvalue weighted by Crippen LogP contribution is 2.35. The zero-order valence-electron chi connectivity index (χ0n) is 21.7. The molecule has 0 N–H and O–H groups in total. The van der Waals surface area contributed by atoms with E-state index in [0.717, 1.165) is 12.1 Å². The Hall–Kier alpha value is -1.85. The second-order valence-corrected chi connectivity index (χ2v) is 12.8. The lowest BCUT2D eigenvalue weighted by atomic mass is 9.77. The van der Waals surface area contributed by atoms with Crippen LogP contribution in [0.3, 0.4) is 0 Å². The summed E-state index contributed by atoms with van der Waals surface area (Å²) < 4.78 is 64.3. The maximum atomic E-state index is 13.9. The van der Waals surface area contributed by atoms with Crippen LogP contribution in [-0.2, 0) is 33.0 Å². The summed E-state index contributed by atoms with van der Waals surface area (Å²) in [6.07, 6.45) is -2.82. The molecule has 1 amide bonds. The van der Waals surface area contributed by atoms with Crippen LogP contribution in [0.1, 0.15) is 37.0 Å². The fourth-order valence-electron chi connectivity index (χ4n) is 4.87. The Morgan fingerprint density at radius 2 is 1.66 bits per heavy atom. The maximum Gasteiger partial charge on any atom is 0.416 e. The van der Waals surface area contributed by atoms with Crippen molar-refractivity contribution in [1.82, 2.24) is 14.1 Å². The molecule has 2 aromatic rings. The Bertz CT molecular complexity index is 1260. The third kappa shape index (κ3) is 7.21. The van der Waals surface area contributed by atoms with Gasteiger partial charge in [0.05, 0.1) is 27.3 Å². The molecule has 0 bridgehead atoms. The van der Waals surface area contributed by atoms with Crippen LogP contribution in [0.4, 0.5) is 13.2 Å². The zero-order valence-corrected chi connectivity index (χ0v) is 24.1. The molecular weight excluding hydrogens is 562 g/mol. The Morgan fingerprint density at radius 1 is 1.05 bits per heavy atom. The van der Waals surface area contributed by atoms with Crippen molar-refractivity contribution < 1.29 is 26.4 Å². The number of halogens is 5. The molecule has 1 saturated heterocycles. The summed E-state index contributed by atoms with van der Waals surface area (Å²) >= 11 is 12.4. The van der Waals surface area contributed by atoms with Gasteiger partial charge in [-0.2, -0.15) is 17.5 Å². The molecule has 2 atom stereocenters. The number of likely N-dealkylation sites (N-methyl/N-ethyl adjacent to an activating group) is 1. The molecule has 1 heterocycles. The van der Waals surface area contributed by atoms with Crippen molar-refractivity contribution in [3.63, 3.8) is 0 Å². The highest BCUT2D eigenvalue weighted by Gasteiger charge is 2.39. The summed E-state index contributed by atoms with van der Waals surface area (Å²) in [4.78, 5) is 17.5. The number of rotatable bonds is 8. The molecule has 6 nitrogen and oxygen atoms in total. The Balaban J connectivity index is 1.81. The minimum absolute atomic E-state index is 0.123. The van der Waals surface area contributed by atoms with Gasteiger partial charge in [-0.25, -0.2) is 8.42 Å². The molecule has 38 heavy (non-hydrogen) atoms. The van der Waals surface area contributed by atoms with Gasteiger partial charge in [0.2, 0.25) is 15.9 Å². The first kappa shape index (κ1) is 30.7. The first-order valence-electron chi connectivity index (χ1n) is 12.1. The van der Waals surface area contributed by atoms with Crippen molar-refractivity contribution in [1.29, 1.82) is 0 Å². The van der Waals surface area contributed by atoms with Crippen molar-refractivity contribution in [3.8, 4) is 0 Å². The molecular formula is C26H32Cl2F3N3O3S. The van der Waals surface area contributed by atoms with Crippen molar-refractivity contribution in [2.75, 3.05) is 39.5 Å². The van der Waals surface area contributed by atoms with Crippen LogP contribution in [0, 0.1) is 0 Å². The van der Waals surface area contributed by atoms with Gasteiger partial charge in [0.1, 0.15) is 0 Å². The molecule has 0 saturated carbocycles. The van der Waals surface area contributed by atoms with Crippen molar-refractivity contribution in [3.05, 3.63) is 69.2 Å². The van der Waals surface area contributed by atoms with Crippen LogP contribution < -0.4 is 0 Å². The molecule has 1 aliphatic heterocycles. The number of hydrogen-bond donors (Lipinski definition) is 0. The summed E-state index contributed by atoms with van der Waals surface area (Å²) in [6.45, 7) is 5.75. The number of carbonyl (C=O) groups excluding carboxylic acids is 1. The van der Waals surface area contributed by atoms with Crippen molar-refractivity contribution >= 4 is 39.1 Å². The number of alkyl halides is 3. The average molecular weight is 595 g/mol. The van der Waals surface area contributed by atoms with Crippen LogP contribution in [0.5, 0.6) is 0 Å². The molecule has 1 unspecified atom stereocenters. The number of amides is 1. The molecule has 0 radical (unpaired) electrons. The van der Waals surface area contributed by atoms with Crippen molar-refractivity contribution in [2.45, 2.75) is 44.4 Å². The fraction of sp³-hybridized carbons (Fsp3) is 0.500. The highest BCUT2D eigenvalue weighted by molar-refractivity contribution is 7.88. The number of sulfonamides is 1. The number of nitrogens with zero attached hydrogens (tertiary/aromatic N) is 3. The number of hydrogen-bond acceptors (Lipinski definition) is 4. The van der Waals surface area contributed by atoms with E-state index in [4.69, 9.17) is 23.2 Å². The van der Waals surface area contributed by atoms with E-state index in [-0.39, 0.29) is 18.5 Å². The lowest BCUT2D eigenvalue weighted by Gasteiger charge is -2.40. The van der Waals surface area contributed by atoms with E-state index in [1.807, 2.05) is 13.8 Å². The predicted octanol–water partition coefficient (Wildman–Crippen LogP) is 5.28. The van der Waals surface area contributed by atoms with E-state index in [0.29, 0.717) is 53.8 Å². The topological polar surface area (TPSA) is 60.9 Å². The first-order valence-corrected chi connectivity index (χ1v) is 14.7. The number of carbonyl (C=O) groups is 1. The molecule has 3 rings (SSSR count). The van der Waals surface area contributed by atoms with Crippen LogP contribution >= 0.6 is 23.2 Å². The Morgan fingerprint density at radius 3 is 2.18 bits per heavy atom. The van der Waals surface area contributed by atoms with E-state index in [9.17, 15) is 26.4 Å². The quantitative estimate of drug-likeness (QED) is 0.417.